The first-order chi connectivity index (χ1) is 13.6. The SMILES string of the molecule is CNC(=O)c1sc2nccnc2c1C1CCN(C(=O)c2ccccc2F)CC1. The molecular formula is C20H19FN4O2S. The van der Waals surface area contributed by atoms with Gasteiger partial charge in [-0.05, 0) is 30.9 Å². The average Bonchev–Trinajstić information content (AvgIpc) is 3.13. The summed E-state index contributed by atoms with van der Waals surface area (Å²) in [5.41, 5.74) is 1.76. The summed E-state index contributed by atoms with van der Waals surface area (Å²) in [6.45, 7) is 1.01. The second-order valence-electron chi connectivity index (χ2n) is 6.68. The molecule has 8 heteroatoms. The molecule has 144 valence electrons. The molecule has 1 aliphatic rings. The third-order valence-electron chi connectivity index (χ3n) is 5.09. The summed E-state index contributed by atoms with van der Waals surface area (Å²) < 4.78 is 13.9. The average molecular weight is 398 g/mol. The first-order valence-corrected chi connectivity index (χ1v) is 9.91. The van der Waals surface area contributed by atoms with E-state index < -0.39 is 5.82 Å². The highest BCUT2D eigenvalue weighted by atomic mass is 32.1. The highest BCUT2D eigenvalue weighted by Crippen LogP contribution is 2.39. The van der Waals surface area contributed by atoms with Crippen molar-refractivity contribution in [2.75, 3.05) is 20.1 Å². The maximum absolute atomic E-state index is 13.9. The monoisotopic (exact) mass is 398 g/mol. The fraction of sp³-hybridized carbons (Fsp3) is 0.300. The Morgan fingerprint density at radius 3 is 2.61 bits per heavy atom. The predicted molar refractivity (Wildman–Crippen MR) is 105 cm³/mol. The van der Waals surface area contributed by atoms with Crippen molar-refractivity contribution in [2.24, 2.45) is 0 Å². The lowest BCUT2D eigenvalue weighted by Gasteiger charge is -2.32. The zero-order chi connectivity index (χ0) is 19.7. The summed E-state index contributed by atoms with van der Waals surface area (Å²) >= 11 is 1.34. The van der Waals surface area contributed by atoms with E-state index in [0.29, 0.717) is 30.8 Å². The van der Waals surface area contributed by atoms with E-state index in [1.807, 2.05) is 0 Å². The van der Waals surface area contributed by atoms with E-state index in [2.05, 4.69) is 15.3 Å². The quantitative estimate of drug-likeness (QED) is 0.735. The van der Waals surface area contributed by atoms with Gasteiger partial charge in [-0.3, -0.25) is 14.6 Å². The molecule has 1 saturated heterocycles. The van der Waals surface area contributed by atoms with Gasteiger partial charge in [-0.2, -0.15) is 0 Å². The number of carbonyl (C=O) groups excluding carboxylic acids is 2. The van der Waals surface area contributed by atoms with Gasteiger partial charge in [0.05, 0.1) is 10.4 Å². The van der Waals surface area contributed by atoms with Gasteiger partial charge in [-0.25, -0.2) is 9.37 Å². The highest BCUT2D eigenvalue weighted by Gasteiger charge is 2.31. The summed E-state index contributed by atoms with van der Waals surface area (Å²) in [6, 6.07) is 6.04. The number of aromatic nitrogens is 2. The van der Waals surface area contributed by atoms with Crippen LogP contribution in [0.1, 0.15) is 44.4 Å². The van der Waals surface area contributed by atoms with Crippen LogP contribution in [0.2, 0.25) is 0 Å². The number of nitrogens with zero attached hydrogens (tertiary/aromatic N) is 3. The molecule has 28 heavy (non-hydrogen) atoms. The van der Waals surface area contributed by atoms with Crippen LogP contribution >= 0.6 is 11.3 Å². The number of likely N-dealkylation sites (tertiary alicyclic amines) is 1. The molecule has 1 aliphatic heterocycles. The Labute approximate surface area is 165 Å². The lowest BCUT2D eigenvalue weighted by Crippen LogP contribution is -2.38. The maximum atomic E-state index is 13.9. The molecule has 2 aromatic heterocycles. The van der Waals surface area contributed by atoms with E-state index in [-0.39, 0.29) is 23.3 Å². The molecule has 1 N–H and O–H groups in total. The van der Waals surface area contributed by atoms with Crippen molar-refractivity contribution in [2.45, 2.75) is 18.8 Å². The molecule has 0 bridgehead atoms. The zero-order valence-corrected chi connectivity index (χ0v) is 16.1. The van der Waals surface area contributed by atoms with Crippen LogP contribution in [-0.4, -0.2) is 46.8 Å². The van der Waals surface area contributed by atoms with E-state index in [4.69, 9.17) is 0 Å². The molecule has 0 atom stereocenters. The van der Waals surface area contributed by atoms with Crippen molar-refractivity contribution in [1.82, 2.24) is 20.2 Å². The Bertz CT molecular complexity index is 1040. The van der Waals surface area contributed by atoms with Crippen molar-refractivity contribution < 1.29 is 14.0 Å². The van der Waals surface area contributed by atoms with Crippen LogP contribution in [0, 0.1) is 5.82 Å². The number of hydrogen-bond donors (Lipinski definition) is 1. The highest BCUT2D eigenvalue weighted by molar-refractivity contribution is 7.20. The lowest BCUT2D eigenvalue weighted by molar-refractivity contribution is 0.0707. The van der Waals surface area contributed by atoms with Gasteiger partial charge in [0.25, 0.3) is 11.8 Å². The van der Waals surface area contributed by atoms with E-state index in [0.717, 1.165) is 15.9 Å². The molecular weight excluding hydrogens is 379 g/mol. The first-order valence-electron chi connectivity index (χ1n) is 9.09. The van der Waals surface area contributed by atoms with Crippen molar-refractivity contribution in [1.29, 1.82) is 0 Å². The maximum Gasteiger partial charge on any atom is 0.261 e. The van der Waals surface area contributed by atoms with Crippen LogP contribution in [0.4, 0.5) is 4.39 Å². The molecule has 0 radical (unpaired) electrons. The summed E-state index contributed by atoms with van der Waals surface area (Å²) in [6.07, 6.45) is 4.62. The van der Waals surface area contributed by atoms with Crippen LogP contribution in [0.5, 0.6) is 0 Å². The molecule has 2 amide bonds. The van der Waals surface area contributed by atoms with E-state index in [9.17, 15) is 14.0 Å². The molecule has 0 saturated carbocycles. The zero-order valence-electron chi connectivity index (χ0n) is 15.3. The Morgan fingerprint density at radius 2 is 1.89 bits per heavy atom. The minimum absolute atomic E-state index is 0.0962. The Hall–Kier alpha value is -2.87. The van der Waals surface area contributed by atoms with Crippen LogP contribution in [-0.2, 0) is 0 Å². The second-order valence-corrected chi connectivity index (χ2v) is 7.68. The fourth-order valence-electron chi connectivity index (χ4n) is 3.68. The number of halogens is 1. The second kappa shape index (κ2) is 7.63. The number of hydrogen-bond acceptors (Lipinski definition) is 5. The van der Waals surface area contributed by atoms with Gasteiger partial charge < -0.3 is 10.2 Å². The predicted octanol–water partition coefficient (Wildman–Crippen LogP) is 3.21. The van der Waals surface area contributed by atoms with Crippen LogP contribution < -0.4 is 5.32 Å². The molecule has 1 fully saturated rings. The largest absolute Gasteiger partial charge is 0.354 e. The number of thiophene rings is 1. The van der Waals surface area contributed by atoms with Crippen molar-refractivity contribution in [3.8, 4) is 0 Å². The number of carbonyl (C=O) groups is 2. The number of benzene rings is 1. The molecule has 3 aromatic rings. The van der Waals surface area contributed by atoms with Gasteiger partial charge in [-0.1, -0.05) is 12.1 Å². The van der Waals surface area contributed by atoms with E-state index in [1.54, 1.807) is 36.5 Å². The molecule has 0 unspecified atom stereocenters. The van der Waals surface area contributed by atoms with Crippen LogP contribution in [0.25, 0.3) is 10.3 Å². The summed E-state index contributed by atoms with van der Waals surface area (Å²) in [7, 11) is 1.60. The van der Waals surface area contributed by atoms with Gasteiger partial charge >= 0.3 is 0 Å². The van der Waals surface area contributed by atoms with Crippen LogP contribution in [0.15, 0.2) is 36.7 Å². The minimum atomic E-state index is -0.504. The lowest BCUT2D eigenvalue weighted by atomic mass is 9.88. The third-order valence-corrected chi connectivity index (χ3v) is 6.19. The van der Waals surface area contributed by atoms with Gasteiger partial charge in [0.2, 0.25) is 0 Å². The molecule has 0 aliphatic carbocycles. The van der Waals surface area contributed by atoms with E-state index in [1.165, 1.54) is 23.5 Å². The Morgan fingerprint density at radius 1 is 1.18 bits per heavy atom. The van der Waals surface area contributed by atoms with Crippen molar-refractivity contribution >= 4 is 33.5 Å². The van der Waals surface area contributed by atoms with Gasteiger partial charge in [-0.15, -0.1) is 11.3 Å². The smallest absolute Gasteiger partial charge is 0.261 e. The normalized spacial score (nSPS) is 15.0. The summed E-state index contributed by atoms with van der Waals surface area (Å²) in [5.74, 6) is -0.847. The number of rotatable bonds is 3. The first kappa shape index (κ1) is 18.5. The Kier molecular flexibility index (Phi) is 5.04. The number of amides is 2. The molecule has 4 rings (SSSR count). The van der Waals surface area contributed by atoms with Gasteiger partial charge in [0, 0.05) is 38.1 Å². The fourth-order valence-corrected chi connectivity index (χ4v) is 4.82. The number of piperidine rings is 1. The van der Waals surface area contributed by atoms with Crippen LogP contribution in [0.3, 0.4) is 0 Å². The number of fused-ring (bicyclic) bond motifs is 1. The third kappa shape index (κ3) is 3.24. The molecule has 6 nitrogen and oxygen atoms in total. The summed E-state index contributed by atoms with van der Waals surface area (Å²) in [4.78, 5) is 36.8. The van der Waals surface area contributed by atoms with Gasteiger partial charge in [0.1, 0.15) is 16.2 Å². The molecule has 0 spiro atoms. The van der Waals surface area contributed by atoms with E-state index >= 15 is 0 Å². The number of nitrogens with one attached hydrogen (secondary N) is 1. The Balaban J connectivity index is 1.58. The van der Waals surface area contributed by atoms with Crippen molar-refractivity contribution in [3.63, 3.8) is 0 Å². The van der Waals surface area contributed by atoms with Gasteiger partial charge in [0.15, 0.2) is 0 Å². The minimum Gasteiger partial charge on any atom is -0.354 e. The molecule has 3 heterocycles. The topological polar surface area (TPSA) is 75.2 Å². The standard InChI is InChI=1S/C20H19FN4O2S/c1-22-18(26)17-15(16-19(28-17)24-9-8-23-16)12-6-10-25(11-7-12)20(27)13-4-2-3-5-14(13)21/h2-5,8-9,12H,6-7,10-11H2,1H3,(H,22,26). The van der Waals surface area contributed by atoms with Crippen molar-refractivity contribution in [3.05, 3.63) is 58.5 Å². The summed E-state index contributed by atoms with van der Waals surface area (Å²) in [5, 5.41) is 2.69. The molecule has 1 aromatic carbocycles.